The van der Waals surface area contributed by atoms with E-state index in [1.54, 1.807) is 0 Å². The molecule has 0 saturated heterocycles. The second-order valence-corrected chi connectivity index (χ2v) is 9.94. The Bertz CT molecular complexity index is 910. The number of rotatable bonds is 9. The molecule has 0 heterocycles. The average Bonchev–Trinajstić information content (AvgIpc) is 2.74. The van der Waals surface area contributed by atoms with E-state index in [1.807, 2.05) is 52.8 Å². The summed E-state index contributed by atoms with van der Waals surface area (Å²) in [5.74, 6) is 0.983. The molecule has 4 nitrogen and oxygen atoms in total. The third kappa shape index (κ3) is 6.59. The van der Waals surface area contributed by atoms with Crippen LogP contribution < -0.4 is 4.74 Å². The first-order valence-corrected chi connectivity index (χ1v) is 11.6. The lowest BCUT2D eigenvalue weighted by atomic mass is 9.86. The van der Waals surface area contributed by atoms with E-state index < -0.39 is 6.10 Å². The van der Waals surface area contributed by atoms with Crippen molar-refractivity contribution >= 4 is 5.97 Å². The number of aryl methyl sites for hydroxylation is 3. The number of hydrogen-bond donors (Lipinski definition) is 1. The minimum atomic E-state index is -0.543. The Labute approximate surface area is 194 Å². The molecule has 0 aliphatic carbocycles. The fourth-order valence-corrected chi connectivity index (χ4v) is 4.20. The lowest BCUT2D eigenvalue weighted by Gasteiger charge is -2.31. The van der Waals surface area contributed by atoms with Gasteiger partial charge in [-0.15, -0.1) is 0 Å². The van der Waals surface area contributed by atoms with Gasteiger partial charge >= 0.3 is 5.97 Å². The topological polar surface area (TPSA) is 55.8 Å². The number of carbonyl (C=O) groups excluding carboxylic acids is 1. The van der Waals surface area contributed by atoms with Crippen LogP contribution >= 0.6 is 0 Å². The van der Waals surface area contributed by atoms with Crippen LogP contribution in [0.5, 0.6) is 5.75 Å². The Morgan fingerprint density at radius 1 is 1.06 bits per heavy atom. The number of carbonyl (C=O) groups is 1. The zero-order valence-corrected chi connectivity index (χ0v) is 21.0. The van der Waals surface area contributed by atoms with Crippen LogP contribution in [0, 0.1) is 19.3 Å². The van der Waals surface area contributed by atoms with E-state index in [1.165, 1.54) is 18.2 Å². The maximum absolute atomic E-state index is 11.8. The first-order valence-electron chi connectivity index (χ1n) is 11.6. The summed E-state index contributed by atoms with van der Waals surface area (Å²) in [6.45, 7) is 14.2. The molecular formula is C28H40O4. The molecule has 0 saturated carbocycles. The molecule has 0 aliphatic rings. The molecule has 0 aromatic heterocycles. The van der Waals surface area contributed by atoms with Crippen molar-refractivity contribution < 1.29 is 19.4 Å². The normalized spacial score (nSPS) is 14.5. The zero-order chi connectivity index (χ0) is 24.1. The van der Waals surface area contributed by atoms with Crippen LogP contribution in [0.2, 0.25) is 0 Å². The minimum Gasteiger partial charge on any atom is -0.488 e. The number of aliphatic hydroxyl groups is 1. The van der Waals surface area contributed by atoms with Crippen LogP contribution in [0.1, 0.15) is 86.0 Å². The fraction of sp³-hybridized carbons (Fsp3) is 0.536. The predicted molar refractivity (Wildman–Crippen MR) is 131 cm³/mol. The van der Waals surface area contributed by atoms with Crippen molar-refractivity contribution in [3.8, 4) is 5.75 Å². The molecule has 2 rings (SSSR count). The molecule has 3 atom stereocenters. The molecule has 1 N–H and O–H groups in total. The number of ether oxygens (including phenoxy) is 2. The summed E-state index contributed by atoms with van der Waals surface area (Å²) in [6, 6.07) is 12.4. The molecule has 3 unspecified atom stereocenters. The van der Waals surface area contributed by atoms with Gasteiger partial charge in [0.2, 0.25) is 0 Å². The summed E-state index contributed by atoms with van der Waals surface area (Å²) in [7, 11) is 1.41. The Kier molecular flexibility index (Phi) is 8.91. The predicted octanol–water partition coefficient (Wildman–Crippen LogP) is 6.39. The standard InChI is InChI=1S/C28H40O4/c1-9-22(12-10-21-11-14-24(18(2)16-21)27(30)31-8)23-13-15-25(19(3)17-23)32-20(4)26(29)28(5,6)7/h11,13-17,20,22,26,29H,9-10,12H2,1-8H3. The Morgan fingerprint density at radius 2 is 1.75 bits per heavy atom. The van der Waals surface area contributed by atoms with E-state index in [0.717, 1.165) is 36.1 Å². The monoisotopic (exact) mass is 440 g/mol. The van der Waals surface area contributed by atoms with Crippen LogP contribution in [-0.2, 0) is 11.2 Å². The lowest BCUT2D eigenvalue weighted by molar-refractivity contribution is -0.0234. The van der Waals surface area contributed by atoms with Crippen molar-refractivity contribution in [2.75, 3.05) is 7.11 Å². The molecule has 0 aliphatic heterocycles. The smallest absolute Gasteiger partial charge is 0.338 e. The van der Waals surface area contributed by atoms with Crippen LogP contribution in [0.15, 0.2) is 36.4 Å². The van der Waals surface area contributed by atoms with Crippen LogP contribution in [0.3, 0.4) is 0 Å². The molecular weight excluding hydrogens is 400 g/mol. The van der Waals surface area contributed by atoms with Gasteiger partial charge in [0.15, 0.2) is 0 Å². The van der Waals surface area contributed by atoms with E-state index in [9.17, 15) is 9.90 Å². The molecule has 2 aromatic rings. The molecule has 0 bridgehead atoms. The molecule has 0 radical (unpaired) electrons. The molecule has 0 amide bonds. The van der Waals surface area contributed by atoms with E-state index in [0.29, 0.717) is 11.5 Å². The van der Waals surface area contributed by atoms with Gasteiger partial charge in [-0.2, -0.15) is 0 Å². The van der Waals surface area contributed by atoms with Crippen molar-refractivity contribution in [1.29, 1.82) is 0 Å². The van der Waals surface area contributed by atoms with Gasteiger partial charge in [0.05, 0.1) is 18.8 Å². The molecule has 0 spiro atoms. The van der Waals surface area contributed by atoms with E-state index in [4.69, 9.17) is 9.47 Å². The van der Waals surface area contributed by atoms with Gasteiger partial charge in [0.1, 0.15) is 11.9 Å². The average molecular weight is 441 g/mol. The van der Waals surface area contributed by atoms with E-state index in [2.05, 4.69) is 32.0 Å². The van der Waals surface area contributed by atoms with Crippen LogP contribution in [0.4, 0.5) is 0 Å². The van der Waals surface area contributed by atoms with Crippen molar-refractivity contribution in [2.24, 2.45) is 5.41 Å². The summed E-state index contributed by atoms with van der Waals surface area (Å²) in [5.41, 5.74) is 4.98. The Hall–Kier alpha value is -2.33. The van der Waals surface area contributed by atoms with Gasteiger partial charge in [0, 0.05) is 0 Å². The minimum absolute atomic E-state index is 0.228. The Balaban J connectivity index is 2.08. The molecule has 32 heavy (non-hydrogen) atoms. The molecule has 0 fully saturated rings. The highest BCUT2D eigenvalue weighted by Gasteiger charge is 2.29. The fourth-order valence-electron chi connectivity index (χ4n) is 4.20. The van der Waals surface area contributed by atoms with Crippen LogP contribution in [0.25, 0.3) is 0 Å². The van der Waals surface area contributed by atoms with E-state index in [-0.39, 0.29) is 17.5 Å². The highest BCUT2D eigenvalue weighted by molar-refractivity contribution is 5.90. The summed E-state index contributed by atoms with van der Waals surface area (Å²) in [4.78, 5) is 11.8. The number of aliphatic hydroxyl groups excluding tert-OH is 1. The second kappa shape index (κ2) is 11.0. The van der Waals surface area contributed by atoms with Gasteiger partial charge in [-0.25, -0.2) is 4.79 Å². The SMILES string of the molecule is CCC(CCc1ccc(C(=O)OC)c(C)c1)c1ccc(OC(C)C(O)C(C)(C)C)c(C)c1. The highest BCUT2D eigenvalue weighted by atomic mass is 16.5. The zero-order valence-electron chi connectivity index (χ0n) is 21.0. The van der Waals surface area contributed by atoms with Gasteiger partial charge in [-0.05, 0) is 85.8 Å². The maximum Gasteiger partial charge on any atom is 0.338 e. The van der Waals surface area contributed by atoms with Crippen molar-refractivity contribution in [2.45, 2.75) is 85.9 Å². The van der Waals surface area contributed by atoms with Gasteiger partial charge < -0.3 is 14.6 Å². The third-order valence-corrected chi connectivity index (χ3v) is 6.29. The number of hydrogen-bond acceptors (Lipinski definition) is 4. The summed E-state index contributed by atoms with van der Waals surface area (Å²) >= 11 is 0. The number of benzene rings is 2. The second-order valence-electron chi connectivity index (χ2n) is 9.94. The highest BCUT2D eigenvalue weighted by Crippen LogP contribution is 2.31. The Morgan fingerprint density at radius 3 is 2.28 bits per heavy atom. The summed E-state index contributed by atoms with van der Waals surface area (Å²) in [5, 5.41) is 10.5. The van der Waals surface area contributed by atoms with Crippen molar-refractivity contribution in [1.82, 2.24) is 0 Å². The van der Waals surface area contributed by atoms with Crippen molar-refractivity contribution in [3.05, 3.63) is 64.2 Å². The van der Waals surface area contributed by atoms with Gasteiger partial charge in [-0.3, -0.25) is 0 Å². The maximum atomic E-state index is 11.8. The summed E-state index contributed by atoms with van der Waals surface area (Å²) < 4.78 is 10.9. The quantitative estimate of drug-likeness (QED) is 0.459. The number of esters is 1. The number of methoxy groups -OCH3 is 1. The lowest BCUT2D eigenvalue weighted by Crippen LogP contribution is -2.39. The van der Waals surface area contributed by atoms with Gasteiger partial charge in [0.25, 0.3) is 0 Å². The van der Waals surface area contributed by atoms with Crippen molar-refractivity contribution in [3.63, 3.8) is 0 Å². The molecule has 176 valence electrons. The largest absolute Gasteiger partial charge is 0.488 e. The first kappa shape index (κ1) is 25.9. The first-order chi connectivity index (χ1) is 15.0. The molecule has 2 aromatic carbocycles. The summed E-state index contributed by atoms with van der Waals surface area (Å²) in [6.07, 6.45) is 2.22. The molecule has 4 heteroatoms. The third-order valence-electron chi connectivity index (χ3n) is 6.29. The van der Waals surface area contributed by atoms with Crippen LogP contribution in [-0.4, -0.2) is 30.4 Å². The van der Waals surface area contributed by atoms with Gasteiger partial charge in [-0.1, -0.05) is 52.0 Å². The van der Waals surface area contributed by atoms with E-state index >= 15 is 0 Å².